The van der Waals surface area contributed by atoms with Crippen LogP contribution in [0.15, 0.2) is 47.1 Å². The van der Waals surface area contributed by atoms with Crippen LogP contribution in [0.5, 0.6) is 5.75 Å². The van der Waals surface area contributed by atoms with Crippen molar-refractivity contribution in [2.24, 2.45) is 0 Å². The van der Waals surface area contributed by atoms with E-state index in [1.807, 2.05) is 43.3 Å². The molecule has 2 aromatic heterocycles. The number of aryl methyl sites for hydroxylation is 1. The van der Waals surface area contributed by atoms with Crippen LogP contribution >= 0.6 is 0 Å². The Kier molecular flexibility index (Phi) is 3.29. The molecule has 0 bridgehead atoms. The highest BCUT2D eigenvalue weighted by atomic mass is 16.5. The Morgan fingerprint density at radius 3 is 2.90 bits per heavy atom. The summed E-state index contributed by atoms with van der Waals surface area (Å²) in [5, 5.41) is 4.44. The van der Waals surface area contributed by atoms with Gasteiger partial charge in [-0.25, -0.2) is 4.98 Å². The zero-order chi connectivity index (χ0) is 13.9. The Morgan fingerprint density at radius 2 is 2.15 bits per heavy atom. The average Bonchev–Trinajstić information content (AvgIpc) is 2.97. The SMILES string of the molecule is COc1cccc2c(NCc3ccco3)cc(C)nc12. The minimum atomic E-state index is 0.642. The summed E-state index contributed by atoms with van der Waals surface area (Å²) >= 11 is 0. The number of ether oxygens (including phenoxy) is 1. The molecule has 1 N–H and O–H groups in total. The predicted octanol–water partition coefficient (Wildman–Crippen LogP) is 3.76. The van der Waals surface area contributed by atoms with Gasteiger partial charge in [-0.15, -0.1) is 0 Å². The number of rotatable bonds is 4. The molecule has 0 radical (unpaired) electrons. The van der Waals surface area contributed by atoms with Crippen LogP contribution in [0.25, 0.3) is 10.9 Å². The second-order valence-electron chi connectivity index (χ2n) is 4.60. The van der Waals surface area contributed by atoms with E-state index in [2.05, 4.69) is 10.3 Å². The molecule has 20 heavy (non-hydrogen) atoms. The molecule has 0 unspecified atom stereocenters. The number of pyridine rings is 1. The largest absolute Gasteiger partial charge is 0.494 e. The zero-order valence-electron chi connectivity index (χ0n) is 11.5. The van der Waals surface area contributed by atoms with E-state index in [0.29, 0.717) is 6.54 Å². The van der Waals surface area contributed by atoms with Crippen molar-refractivity contribution in [1.29, 1.82) is 0 Å². The van der Waals surface area contributed by atoms with E-state index in [4.69, 9.17) is 9.15 Å². The quantitative estimate of drug-likeness (QED) is 0.782. The summed E-state index contributed by atoms with van der Waals surface area (Å²) < 4.78 is 10.7. The lowest BCUT2D eigenvalue weighted by atomic mass is 10.1. The number of aromatic nitrogens is 1. The summed E-state index contributed by atoms with van der Waals surface area (Å²) in [6.07, 6.45) is 1.68. The van der Waals surface area contributed by atoms with Crippen LogP contribution in [0, 0.1) is 6.92 Å². The summed E-state index contributed by atoms with van der Waals surface area (Å²) in [6.45, 7) is 2.62. The van der Waals surface area contributed by atoms with E-state index in [1.54, 1.807) is 13.4 Å². The van der Waals surface area contributed by atoms with Crippen molar-refractivity contribution in [3.8, 4) is 5.75 Å². The summed E-state index contributed by atoms with van der Waals surface area (Å²) in [6, 6.07) is 11.8. The van der Waals surface area contributed by atoms with E-state index >= 15 is 0 Å². The number of hydrogen-bond donors (Lipinski definition) is 1. The van der Waals surface area contributed by atoms with Gasteiger partial charge in [-0.1, -0.05) is 12.1 Å². The maximum absolute atomic E-state index is 5.38. The second kappa shape index (κ2) is 5.25. The molecule has 0 amide bonds. The summed E-state index contributed by atoms with van der Waals surface area (Å²) in [5.74, 6) is 1.68. The fourth-order valence-corrected chi connectivity index (χ4v) is 2.26. The molecule has 4 nitrogen and oxygen atoms in total. The Bertz CT molecular complexity index is 721. The fourth-order valence-electron chi connectivity index (χ4n) is 2.26. The van der Waals surface area contributed by atoms with E-state index < -0.39 is 0 Å². The van der Waals surface area contributed by atoms with Crippen molar-refractivity contribution in [1.82, 2.24) is 4.98 Å². The number of fused-ring (bicyclic) bond motifs is 1. The number of nitrogens with one attached hydrogen (secondary N) is 1. The molecule has 0 aliphatic carbocycles. The maximum Gasteiger partial charge on any atom is 0.145 e. The van der Waals surface area contributed by atoms with Crippen molar-refractivity contribution in [3.05, 3.63) is 54.1 Å². The van der Waals surface area contributed by atoms with Crippen molar-refractivity contribution >= 4 is 16.6 Å². The molecule has 0 fully saturated rings. The molecular formula is C16H16N2O2. The number of methoxy groups -OCH3 is 1. The summed E-state index contributed by atoms with van der Waals surface area (Å²) in [4.78, 5) is 4.56. The standard InChI is InChI=1S/C16H16N2O2/c1-11-9-14(17-10-12-5-4-8-20-12)13-6-3-7-15(19-2)16(13)18-11/h3-9H,10H2,1-2H3,(H,17,18). The smallest absolute Gasteiger partial charge is 0.145 e. The first kappa shape index (κ1) is 12.5. The van der Waals surface area contributed by atoms with Crippen molar-refractivity contribution < 1.29 is 9.15 Å². The molecule has 0 atom stereocenters. The minimum absolute atomic E-state index is 0.642. The number of para-hydroxylation sites is 1. The molecule has 2 heterocycles. The lowest BCUT2D eigenvalue weighted by Crippen LogP contribution is -2.01. The van der Waals surface area contributed by atoms with Crippen LogP contribution < -0.4 is 10.1 Å². The molecule has 0 aliphatic rings. The predicted molar refractivity (Wildman–Crippen MR) is 79.1 cm³/mol. The molecule has 3 rings (SSSR count). The van der Waals surface area contributed by atoms with Crippen LogP contribution in [0.2, 0.25) is 0 Å². The van der Waals surface area contributed by atoms with E-state index in [9.17, 15) is 0 Å². The number of nitrogens with zero attached hydrogens (tertiary/aromatic N) is 1. The molecule has 0 spiro atoms. The van der Waals surface area contributed by atoms with Gasteiger partial charge in [-0.2, -0.15) is 0 Å². The van der Waals surface area contributed by atoms with Gasteiger partial charge in [0.1, 0.15) is 17.0 Å². The fraction of sp³-hybridized carbons (Fsp3) is 0.188. The van der Waals surface area contributed by atoms with Crippen LogP contribution in [0.3, 0.4) is 0 Å². The molecule has 3 aromatic rings. The van der Waals surface area contributed by atoms with Crippen LogP contribution in [0.1, 0.15) is 11.5 Å². The van der Waals surface area contributed by atoms with Gasteiger partial charge < -0.3 is 14.5 Å². The topological polar surface area (TPSA) is 47.3 Å². The lowest BCUT2D eigenvalue weighted by molar-refractivity contribution is 0.419. The Hall–Kier alpha value is -2.49. The highest BCUT2D eigenvalue weighted by Crippen LogP contribution is 2.30. The van der Waals surface area contributed by atoms with E-state index in [-0.39, 0.29) is 0 Å². The summed E-state index contributed by atoms with van der Waals surface area (Å²) in [7, 11) is 1.66. The van der Waals surface area contributed by atoms with Gasteiger partial charge in [-0.3, -0.25) is 0 Å². The van der Waals surface area contributed by atoms with Crippen molar-refractivity contribution in [3.63, 3.8) is 0 Å². The number of anilines is 1. The van der Waals surface area contributed by atoms with Gasteiger partial charge in [0.25, 0.3) is 0 Å². The molecule has 4 heteroatoms. The first-order valence-electron chi connectivity index (χ1n) is 6.48. The normalized spacial score (nSPS) is 10.7. The van der Waals surface area contributed by atoms with E-state index in [1.165, 1.54) is 0 Å². The van der Waals surface area contributed by atoms with Crippen molar-refractivity contribution in [2.45, 2.75) is 13.5 Å². The van der Waals surface area contributed by atoms with Crippen LogP contribution in [-0.2, 0) is 6.54 Å². The second-order valence-corrected chi connectivity index (χ2v) is 4.60. The molecular weight excluding hydrogens is 252 g/mol. The molecule has 1 aromatic carbocycles. The molecule has 102 valence electrons. The molecule has 0 saturated carbocycles. The number of furan rings is 1. The Morgan fingerprint density at radius 1 is 1.25 bits per heavy atom. The minimum Gasteiger partial charge on any atom is -0.494 e. The Balaban J connectivity index is 2.01. The van der Waals surface area contributed by atoms with Crippen LogP contribution in [-0.4, -0.2) is 12.1 Å². The van der Waals surface area contributed by atoms with Gasteiger partial charge in [0.2, 0.25) is 0 Å². The van der Waals surface area contributed by atoms with Gasteiger partial charge >= 0.3 is 0 Å². The molecule has 0 aliphatic heterocycles. The molecule has 0 saturated heterocycles. The third-order valence-electron chi connectivity index (χ3n) is 3.18. The highest BCUT2D eigenvalue weighted by molar-refractivity contribution is 5.95. The number of benzene rings is 1. The van der Waals surface area contributed by atoms with Gasteiger partial charge in [0.15, 0.2) is 0 Å². The third kappa shape index (κ3) is 2.32. The van der Waals surface area contributed by atoms with Gasteiger partial charge in [0, 0.05) is 16.8 Å². The average molecular weight is 268 g/mol. The number of hydrogen-bond acceptors (Lipinski definition) is 4. The first-order valence-corrected chi connectivity index (χ1v) is 6.48. The van der Waals surface area contributed by atoms with Crippen LogP contribution in [0.4, 0.5) is 5.69 Å². The maximum atomic E-state index is 5.38. The van der Waals surface area contributed by atoms with Gasteiger partial charge in [0.05, 0.1) is 19.9 Å². The third-order valence-corrected chi connectivity index (χ3v) is 3.18. The van der Waals surface area contributed by atoms with Crippen molar-refractivity contribution in [2.75, 3.05) is 12.4 Å². The van der Waals surface area contributed by atoms with E-state index in [0.717, 1.165) is 33.8 Å². The monoisotopic (exact) mass is 268 g/mol. The summed E-state index contributed by atoms with van der Waals surface area (Å²) in [5.41, 5.74) is 2.85. The first-order chi connectivity index (χ1) is 9.78. The Labute approximate surface area is 117 Å². The van der Waals surface area contributed by atoms with Gasteiger partial charge in [-0.05, 0) is 31.2 Å². The lowest BCUT2D eigenvalue weighted by Gasteiger charge is -2.11. The zero-order valence-corrected chi connectivity index (χ0v) is 11.5. The highest BCUT2D eigenvalue weighted by Gasteiger charge is 2.08.